The van der Waals surface area contributed by atoms with Crippen LogP contribution in [0.2, 0.25) is 0 Å². The predicted octanol–water partition coefficient (Wildman–Crippen LogP) is 1.78. The van der Waals surface area contributed by atoms with Crippen LogP contribution in [0, 0.1) is 6.92 Å². The average Bonchev–Trinajstić information content (AvgIpc) is 3.06. The smallest absolute Gasteiger partial charge is 0.254 e. The van der Waals surface area contributed by atoms with E-state index in [4.69, 9.17) is 5.73 Å². The molecule has 0 saturated heterocycles. The maximum Gasteiger partial charge on any atom is 0.254 e. The summed E-state index contributed by atoms with van der Waals surface area (Å²) in [6, 6.07) is 6.46. The number of hydrogen-bond acceptors (Lipinski definition) is 7. The fourth-order valence-electron chi connectivity index (χ4n) is 2.48. The highest BCUT2D eigenvalue weighted by molar-refractivity contribution is 7.92. The first-order valence-corrected chi connectivity index (χ1v) is 9.99. The van der Waals surface area contributed by atoms with Gasteiger partial charge in [-0.1, -0.05) is 12.1 Å². The number of nitrogens with one attached hydrogen (secondary N) is 3. The molecule has 0 unspecified atom stereocenters. The van der Waals surface area contributed by atoms with Gasteiger partial charge < -0.3 is 11.1 Å². The fourth-order valence-corrected chi connectivity index (χ4v) is 3.12. The lowest BCUT2D eigenvalue weighted by molar-refractivity contribution is 0.100. The molecule has 3 aromatic rings. The Bertz CT molecular complexity index is 1110. The second kappa shape index (κ2) is 7.64. The van der Waals surface area contributed by atoms with E-state index < -0.39 is 15.9 Å². The third kappa shape index (κ3) is 4.26. The first kappa shape index (κ1) is 19.3. The lowest BCUT2D eigenvalue weighted by Gasteiger charge is -2.07. The van der Waals surface area contributed by atoms with Crippen molar-refractivity contribution >= 4 is 33.3 Å². The fraction of sp³-hybridized carbons (Fsp3) is 0.176. The summed E-state index contributed by atoms with van der Waals surface area (Å²) >= 11 is 0. The summed E-state index contributed by atoms with van der Waals surface area (Å²) in [5.41, 5.74) is 7.74. The number of carbonyl (C=O) groups excluding carboxylic acids is 1. The van der Waals surface area contributed by atoms with Gasteiger partial charge in [-0.25, -0.2) is 13.4 Å². The van der Waals surface area contributed by atoms with Gasteiger partial charge in [-0.05, 0) is 26.0 Å². The molecule has 2 aromatic heterocycles. The molecular formula is C17H19N7O3S. The minimum atomic E-state index is -3.37. The summed E-state index contributed by atoms with van der Waals surface area (Å²) in [5, 5.41) is 9.87. The minimum absolute atomic E-state index is 0.0309. The molecule has 11 heteroatoms. The monoisotopic (exact) mass is 401 g/mol. The Balaban J connectivity index is 1.92. The lowest BCUT2D eigenvalue weighted by atomic mass is 10.1. The zero-order valence-electron chi connectivity index (χ0n) is 15.2. The molecular weight excluding hydrogens is 382 g/mol. The quantitative estimate of drug-likeness (QED) is 0.470. The molecule has 10 nitrogen and oxygen atoms in total. The largest absolute Gasteiger partial charge is 0.365 e. The minimum Gasteiger partial charge on any atom is -0.365 e. The number of amides is 1. The highest BCUT2D eigenvalue weighted by Crippen LogP contribution is 2.29. The van der Waals surface area contributed by atoms with Crippen molar-refractivity contribution in [2.24, 2.45) is 5.73 Å². The summed E-state index contributed by atoms with van der Waals surface area (Å²) < 4.78 is 25.8. The van der Waals surface area contributed by atoms with Crippen molar-refractivity contribution in [2.45, 2.75) is 13.8 Å². The van der Waals surface area contributed by atoms with Crippen LogP contribution in [0.5, 0.6) is 0 Å². The molecule has 0 spiro atoms. The van der Waals surface area contributed by atoms with Crippen molar-refractivity contribution in [3.63, 3.8) is 0 Å². The van der Waals surface area contributed by atoms with Gasteiger partial charge in [0.05, 0.1) is 17.6 Å². The maximum absolute atomic E-state index is 12.0. The van der Waals surface area contributed by atoms with E-state index in [1.165, 1.54) is 6.20 Å². The number of hydrogen-bond donors (Lipinski definition) is 4. The maximum atomic E-state index is 12.0. The molecule has 0 fully saturated rings. The van der Waals surface area contributed by atoms with Crippen molar-refractivity contribution < 1.29 is 13.2 Å². The Morgan fingerprint density at radius 2 is 1.93 bits per heavy atom. The second-order valence-electron chi connectivity index (χ2n) is 5.94. The molecule has 28 heavy (non-hydrogen) atoms. The number of rotatable bonds is 7. The molecule has 0 radical (unpaired) electrons. The van der Waals surface area contributed by atoms with Crippen LogP contribution in [0.15, 0.2) is 36.7 Å². The van der Waals surface area contributed by atoms with Gasteiger partial charge in [-0.2, -0.15) is 5.10 Å². The molecule has 0 saturated carbocycles. The summed E-state index contributed by atoms with van der Waals surface area (Å²) in [5.74, 6) is 0.0133. The molecule has 5 N–H and O–H groups in total. The van der Waals surface area contributed by atoms with E-state index in [-0.39, 0.29) is 17.1 Å². The number of benzene rings is 1. The summed E-state index contributed by atoms with van der Waals surface area (Å²) in [6.07, 6.45) is 3.11. The molecule has 3 rings (SSSR count). The number of aromatic amines is 1. The third-order valence-corrected chi connectivity index (χ3v) is 5.14. The average molecular weight is 401 g/mol. The van der Waals surface area contributed by atoms with Gasteiger partial charge in [-0.15, -0.1) is 0 Å². The molecule has 1 amide bonds. The number of H-pyrrole nitrogens is 1. The molecule has 0 aliphatic carbocycles. The first-order chi connectivity index (χ1) is 13.3. The van der Waals surface area contributed by atoms with E-state index in [1.807, 2.05) is 0 Å². The van der Waals surface area contributed by atoms with Crippen LogP contribution in [-0.2, 0) is 10.0 Å². The topological polar surface area (TPSA) is 156 Å². The first-order valence-electron chi connectivity index (χ1n) is 8.34. The number of sulfonamides is 1. The van der Waals surface area contributed by atoms with Crippen LogP contribution < -0.4 is 15.8 Å². The summed E-state index contributed by atoms with van der Waals surface area (Å²) in [4.78, 5) is 20.3. The number of primary amides is 1. The number of carbonyl (C=O) groups is 1. The number of nitrogens with two attached hydrogens (primary N) is 1. The summed E-state index contributed by atoms with van der Waals surface area (Å²) in [6.45, 7) is 3.34. The summed E-state index contributed by atoms with van der Waals surface area (Å²) in [7, 11) is -3.37. The Kier molecular flexibility index (Phi) is 5.27. The highest BCUT2D eigenvalue weighted by atomic mass is 32.2. The van der Waals surface area contributed by atoms with Gasteiger partial charge in [0.1, 0.15) is 22.9 Å². The van der Waals surface area contributed by atoms with Gasteiger partial charge in [-0.3, -0.25) is 19.6 Å². The molecule has 0 aliphatic heterocycles. The van der Waals surface area contributed by atoms with Gasteiger partial charge in [0, 0.05) is 17.4 Å². The van der Waals surface area contributed by atoms with E-state index in [0.717, 1.165) is 0 Å². The van der Waals surface area contributed by atoms with Crippen molar-refractivity contribution in [2.75, 3.05) is 15.8 Å². The van der Waals surface area contributed by atoms with Crippen LogP contribution >= 0.6 is 0 Å². The lowest BCUT2D eigenvalue weighted by Crippen LogP contribution is -2.14. The Morgan fingerprint density at radius 3 is 2.54 bits per heavy atom. The van der Waals surface area contributed by atoms with E-state index in [9.17, 15) is 13.2 Å². The molecule has 2 heterocycles. The molecule has 1 aromatic carbocycles. The molecule has 0 atom stereocenters. The molecule has 0 bridgehead atoms. The van der Waals surface area contributed by atoms with Crippen molar-refractivity contribution in [1.82, 2.24) is 20.2 Å². The van der Waals surface area contributed by atoms with E-state index >= 15 is 0 Å². The van der Waals surface area contributed by atoms with Gasteiger partial charge in [0.2, 0.25) is 10.0 Å². The van der Waals surface area contributed by atoms with Crippen LogP contribution in [0.3, 0.4) is 0 Å². The van der Waals surface area contributed by atoms with Crippen molar-refractivity contribution in [1.29, 1.82) is 0 Å². The third-order valence-electron chi connectivity index (χ3n) is 3.83. The Morgan fingerprint density at radius 1 is 1.21 bits per heavy atom. The van der Waals surface area contributed by atoms with Crippen molar-refractivity contribution in [3.05, 3.63) is 47.9 Å². The van der Waals surface area contributed by atoms with Crippen molar-refractivity contribution in [3.8, 4) is 11.3 Å². The zero-order valence-corrected chi connectivity index (χ0v) is 16.0. The van der Waals surface area contributed by atoms with E-state index in [2.05, 4.69) is 30.2 Å². The number of nitrogens with zero attached hydrogens (tertiary/aromatic N) is 3. The van der Waals surface area contributed by atoms with Crippen LogP contribution in [0.1, 0.15) is 23.0 Å². The van der Waals surface area contributed by atoms with Crippen LogP contribution in [-0.4, -0.2) is 40.2 Å². The van der Waals surface area contributed by atoms with Gasteiger partial charge in [0.25, 0.3) is 5.91 Å². The Hall–Kier alpha value is -3.47. The second-order valence-corrected chi connectivity index (χ2v) is 7.95. The van der Waals surface area contributed by atoms with Crippen LogP contribution in [0.4, 0.5) is 17.3 Å². The molecule has 146 valence electrons. The normalized spacial score (nSPS) is 11.2. The van der Waals surface area contributed by atoms with E-state index in [1.54, 1.807) is 44.3 Å². The SMILES string of the molecule is CCS(=O)(=O)Nc1ccc(-c2n[nH]c(Nc3cncc(C)n3)c2C(N)=O)cc1. The standard InChI is InChI=1S/C17H19N7O3S/c1-3-28(26,27)24-12-6-4-11(5-7-12)15-14(16(18)25)17(23-22-15)21-13-9-19-8-10(2)20-13/h4-9,24H,3H2,1-2H3,(H2,18,25)(H2,20,21,22,23). The Labute approximate surface area is 161 Å². The van der Waals surface area contributed by atoms with Gasteiger partial charge >= 0.3 is 0 Å². The number of anilines is 3. The van der Waals surface area contributed by atoms with E-state index in [0.29, 0.717) is 28.5 Å². The van der Waals surface area contributed by atoms with Crippen LogP contribution in [0.25, 0.3) is 11.3 Å². The predicted molar refractivity (Wildman–Crippen MR) is 106 cm³/mol. The van der Waals surface area contributed by atoms with Gasteiger partial charge in [0.15, 0.2) is 0 Å². The number of aromatic nitrogens is 4. The zero-order chi connectivity index (χ0) is 20.3. The molecule has 0 aliphatic rings. The highest BCUT2D eigenvalue weighted by Gasteiger charge is 2.20. The number of aryl methyl sites for hydroxylation is 1.